The van der Waals surface area contributed by atoms with E-state index < -0.39 is 23.2 Å². The first-order chi connectivity index (χ1) is 17.2. The number of methoxy groups -OCH3 is 1. The molecule has 3 aromatic rings. The molecule has 0 unspecified atom stereocenters. The number of aromatic nitrogens is 3. The predicted molar refractivity (Wildman–Crippen MR) is 134 cm³/mol. The SMILES string of the molecule is COc1cc(-c2ccc3c(c2NC(=O)NS(=O)(=O)c2ccn(CC=C(C)B(O)O)n2)CCC3)ccn1. The Morgan fingerprint density at radius 1 is 1.25 bits per heavy atom. The number of anilines is 1. The van der Waals surface area contributed by atoms with Gasteiger partial charge >= 0.3 is 13.1 Å². The van der Waals surface area contributed by atoms with E-state index in [1.54, 1.807) is 18.3 Å². The van der Waals surface area contributed by atoms with Gasteiger partial charge in [0.25, 0.3) is 10.0 Å². The Bertz CT molecular complexity index is 1420. The highest BCUT2D eigenvalue weighted by atomic mass is 32.2. The quantitative estimate of drug-likeness (QED) is 0.334. The van der Waals surface area contributed by atoms with Gasteiger partial charge in [0.05, 0.1) is 19.3 Å². The van der Waals surface area contributed by atoms with Crippen LogP contribution >= 0.6 is 0 Å². The van der Waals surface area contributed by atoms with Gasteiger partial charge < -0.3 is 20.1 Å². The third kappa shape index (κ3) is 5.59. The molecule has 1 aliphatic rings. The number of aryl methyl sites for hydroxylation is 1. The van der Waals surface area contributed by atoms with Crippen molar-refractivity contribution in [1.82, 2.24) is 19.5 Å². The van der Waals surface area contributed by atoms with Gasteiger partial charge in [0.1, 0.15) is 0 Å². The number of allylic oxidation sites excluding steroid dienone is 2. The first-order valence-electron chi connectivity index (χ1n) is 11.2. The van der Waals surface area contributed by atoms with E-state index in [0.717, 1.165) is 41.5 Å². The van der Waals surface area contributed by atoms with Crippen molar-refractivity contribution in [2.75, 3.05) is 12.4 Å². The number of carbonyl (C=O) groups is 1. The largest absolute Gasteiger partial charge is 0.483 e. The zero-order valence-corrected chi connectivity index (χ0v) is 20.6. The average Bonchev–Trinajstić information content (AvgIpc) is 3.52. The van der Waals surface area contributed by atoms with Gasteiger partial charge in [-0.15, -0.1) is 0 Å². The number of rotatable bonds is 8. The minimum Gasteiger partial charge on any atom is -0.481 e. The molecule has 2 amide bonds. The normalized spacial score (nSPS) is 13.3. The van der Waals surface area contributed by atoms with Crippen molar-refractivity contribution < 1.29 is 28.0 Å². The maximum absolute atomic E-state index is 12.9. The highest BCUT2D eigenvalue weighted by molar-refractivity contribution is 7.90. The van der Waals surface area contributed by atoms with Gasteiger partial charge in [-0.25, -0.2) is 14.5 Å². The van der Waals surface area contributed by atoms with Gasteiger partial charge in [0.2, 0.25) is 5.88 Å². The maximum Gasteiger partial charge on any atom is 0.483 e. The molecule has 0 saturated carbocycles. The van der Waals surface area contributed by atoms with Crippen molar-refractivity contribution >= 4 is 28.9 Å². The minimum atomic E-state index is -4.26. The number of benzene rings is 1. The lowest BCUT2D eigenvalue weighted by atomic mass is 9.80. The molecule has 0 spiro atoms. The van der Waals surface area contributed by atoms with Crippen molar-refractivity contribution in [2.45, 2.75) is 37.8 Å². The summed E-state index contributed by atoms with van der Waals surface area (Å²) in [4.78, 5) is 17.0. The molecule has 0 radical (unpaired) electrons. The second-order valence-electron chi connectivity index (χ2n) is 8.32. The molecule has 0 aliphatic heterocycles. The van der Waals surface area contributed by atoms with Gasteiger partial charge in [0.15, 0.2) is 5.03 Å². The minimum absolute atomic E-state index is 0.125. The van der Waals surface area contributed by atoms with Gasteiger partial charge in [-0.3, -0.25) is 4.68 Å². The third-order valence-corrected chi connectivity index (χ3v) is 7.13. The van der Waals surface area contributed by atoms with Gasteiger partial charge in [-0.2, -0.15) is 13.5 Å². The van der Waals surface area contributed by atoms with Crippen molar-refractivity contribution in [1.29, 1.82) is 0 Å². The number of fused-ring (bicyclic) bond motifs is 1. The number of carbonyl (C=O) groups excluding carboxylic acids is 1. The number of ether oxygens (including phenoxy) is 1. The van der Waals surface area contributed by atoms with E-state index in [4.69, 9.17) is 14.8 Å². The molecule has 0 bridgehead atoms. The highest BCUT2D eigenvalue weighted by Crippen LogP contribution is 2.38. The molecular formula is C23H26BN5O6S. The Morgan fingerprint density at radius 3 is 2.81 bits per heavy atom. The van der Waals surface area contributed by atoms with Crippen LogP contribution in [-0.4, -0.2) is 53.5 Å². The first kappa shape index (κ1) is 25.4. The average molecular weight is 511 g/mol. The van der Waals surface area contributed by atoms with Crippen LogP contribution in [0.4, 0.5) is 10.5 Å². The van der Waals surface area contributed by atoms with E-state index in [9.17, 15) is 13.2 Å². The summed E-state index contributed by atoms with van der Waals surface area (Å²) in [5.41, 5.74) is 4.40. The van der Waals surface area contributed by atoms with E-state index in [0.29, 0.717) is 17.0 Å². The Balaban J connectivity index is 1.56. The molecule has 13 heteroatoms. The van der Waals surface area contributed by atoms with Gasteiger partial charge in [0, 0.05) is 24.0 Å². The number of hydrogen-bond donors (Lipinski definition) is 4. The fraction of sp³-hybridized carbons (Fsp3) is 0.261. The zero-order valence-electron chi connectivity index (χ0n) is 19.8. The number of urea groups is 1. The Kier molecular flexibility index (Phi) is 7.43. The Hall–Kier alpha value is -3.68. The number of nitrogens with zero attached hydrogens (tertiary/aromatic N) is 3. The second kappa shape index (κ2) is 10.5. The summed E-state index contributed by atoms with van der Waals surface area (Å²) in [7, 11) is -4.35. The van der Waals surface area contributed by atoms with Crippen LogP contribution in [0.15, 0.2) is 59.3 Å². The van der Waals surface area contributed by atoms with Crippen LogP contribution in [-0.2, 0) is 29.4 Å². The van der Waals surface area contributed by atoms with Crippen LogP contribution in [0.1, 0.15) is 24.5 Å². The molecule has 11 nitrogen and oxygen atoms in total. The molecule has 0 saturated heterocycles. The lowest BCUT2D eigenvalue weighted by Crippen LogP contribution is -2.35. The maximum atomic E-state index is 12.9. The second-order valence-corrected chi connectivity index (χ2v) is 9.95. The molecule has 2 aromatic heterocycles. The Morgan fingerprint density at radius 2 is 2.06 bits per heavy atom. The summed E-state index contributed by atoms with van der Waals surface area (Å²) in [6.07, 6.45) is 7.09. The third-order valence-electron chi connectivity index (χ3n) is 5.90. The molecule has 36 heavy (non-hydrogen) atoms. The summed E-state index contributed by atoms with van der Waals surface area (Å²) in [6.45, 7) is 1.65. The topological polar surface area (TPSA) is 156 Å². The predicted octanol–water partition coefficient (Wildman–Crippen LogP) is 1.91. The van der Waals surface area contributed by atoms with E-state index in [1.165, 1.54) is 37.1 Å². The van der Waals surface area contributed by atoms with Crippen molar-refractivity contribution in [3.8, 4) is 17.0 Å². The van der Waals surface area contributed by atoms with Crippen molar-refractivity contribution in [2.24, 2.45) is 0 Å². The number of hydrogen-bond acceptors (Lipinski definition) is 8. The smallest absolute Gasteiger partial charge is 0.481 e. The summed E-state index contributed by atoms with van der Waals surface area (Å²) < 4.78 is 34.1. The number of nitrogens with one attached hydrogen (secondary N) is 2. The standard InChI is InChI=1S/C23H26BN5O6S/c1-15(24(31)32)9-12-29-13-10-21(27-29)36(33,34)28-23(30)26-22-18-5-3-4-16(18)6-7-19(22)17-8-11-25-20(14-17)35-2/h6-11,13-14,31-32H,3-5,12H2,1-2H3,(H2,26,28,30). The monoisotopic (exact) mass is 511 g/mol. The van der Waals surface area contributed by atoms with E-state index in [1.807, 2.05) is 16.9 Å². The zero-order chi connectivity index (χ0) is 25.9. The van der Waals surface area contributed by atoms with Crippen LogP contribution in [0.2, 0.25) is 0 Å². The van der Waals surface area contributed by atoms with E-state index in [2.05, 4.69) is 15.4 Å². The number of sulfonamides is 1. The summed E-state index contributed by atoms with van der Waals surface area (Å²) in [5, 5.41) is 24.6. The van der Waals surface area contributed by atoms with Crippen LogP contribution in [0, 0.1) is 0 Å². The molecule has 0 atom stereocenters. The number of pyridine rings is 1. The highest BCUT2D eigenvalue weighted by Gasteiger charge is 2.24. The fourth-order valence-corrected chi connectivity index (χ4v) is 4.83. The summed E-state index contributed by atoms with van der Waals surface area (Å²) >= 11 is 0. The molecule has 4 rings (SSSR count). The lowest BCUT2D eigenvalue weighted by Gasteiger charge is -2.17. The van der Waals surface area contributed by atoms with Crippen LogP contribution < -0.4 is 14.8 Å². The van der Waals surface area contributed by atoms with Gasteiger partial charge in [-0.05, 0) is 60.5 Å². The van der Waals surface area contributed by atoms with E-state index in [-0.39, 0.29) is 11.6 Å². The fourth-order valence-electron chi connectivity index (χ4n) is 3.98. The van der Waals surface area contributed by atoms with Crippen LogP contribution in [0.25, 0.3) is 11.1 Å². The molecule has 188 valence electrons. The summed E-state index contributed by atoms with van der Waals surface area (Å²) in [5.74, 6) is 0.417. The van der Waals surface area contributed by atoms with Crippen molar-refractivity contribution in [3.63, 3.8) is 0 Å². The molecule has 0 fully saturated rings. The molecule has 1 aliphatic carbocycles. The Labute approximate surface area is 209 Å². The molecule has 1 aromatic carbocycles. The van der Waals surface area contributed by atoms with Crippen LogP contribution in [0.5, 0.6) is 5.88 Å². The summed E-state index contributed by atoms with van der Waals surface area (Å²) in [6, 6.07) is 7.79. The van der Waals surface area contributed by atoms with Crippen molar-refractivity contribution in [3.05, 3.63) is 65.4 Å². The molecular weight excluding hydrogens is 485 g/mol. The number of amides is 2. The molecule has 4 N–H and O–H groups in total. The first-order valence-corrected chi connectivity index (χ1v) is 12.7. The molecule has 2 heterocycles. The van der Waals surface area contributed by atoms with Crippen LogP contribution in [0.3, 0.4) is 0 Å². The van der Waals surface area contributed by atoms with E-state index >= 15 is 0 Å². The lowest BCUT2D eigenvalue weighted by molar-refractivity contribution is 0.256. The van der Waals surface area contributed by atoms with Gasteiger partial charge in [-0.1, -0.05) is 18.2 Å².